The smallest absolute Gasteiger partial charge is 0.230 e. The average Bonchev–Trinajstić information content (AvgIpc) is 3.01. The maximum atomic E-state index is 12.1. The second kappa shape index (κ2) is 8.03. The van der Waals surface area contributed by atoms with Crippen LogP contribution in [0.1, 0.15) is 11.1 Å². The zero-order valence-electron chi connectivity index (χ0n) is 14.4. The van der Waals surface area contributed by atoms with Crippen LogP contribution in [0, 0.1) is 6.92 Å². The summed E-state index contributed by atoms with van der Waals surface area (Å²) in [6.45, 7) is 2.60. The number of nitrogens with one attached hydrogen (secondary N) is 1. The minimum atomic E-state index is 0.00911. The molecule has 25 heavy (non-hydrogen) atoms. The Kier molecular flexibility index (Phi) is 5.56. The minimum Gasteiger partial charge on any atom is -0.351 e. The fraction of sp³-hybridized carbons (Fsp3) is 0.200. The summed E-state index contributed by atoms with van der Waals surface area (Å²) < 4.78 is 2.02. The molecule has 0 spiro atoms. The van der Waals surface area contributed by atoms with E-state index in [1.165, 1.54) is 17.3 Å². The van der Waals surface area contributed by atoms with E-state index in [1.54, 1.807) is 0 Å². The number of carbonyl (C=O) groups excluding carboxylic acids is 1. The first-order valence-corrected chi connectivity index (χ1v) is 9.14. The molecule has 0 aliphatic rings. The Bertz CT molecular complexity index is 841. The van der Waals surface area contributed by atoms with Crippen LogP contribution < -0.4 is 5.32 Å². The first-order chi connectivity index (χ1) is 12.1. The van der Waals surface area contributed by atoms with Crippen LogP contribution in [-0.2, 0) is 18.4 Å². The van der Waals surface area contributed by atoms with Gasteiger partial charge in [0.05, 0.1) is 17.6 Å². The summed E-state index contributed by atoms with van der Waals surface area (Å²) in [5.41, 5.74) is 4.48. The third kappa shape index (κ3) is 4.51. The Morgan fingerprint density at radius 2 is 1.84 bits per heavy atom. The molecule has 3 aromatic rings. The Morgan fingerprint density at radius 1 is 1.12 bits per heavy atom. The molecule has 0 saturated carbocycles. The highest BCUT2D eigenvalue weighted by Crippen LogP contribution is 2.24. The topological polar surface area (TPSA) is 46.9 Å². The van der Waals surface area contributed by atoms with Gasteiger partial charge < -0.3 is 9.88 Å². The monoisotopic (exact) mass is 351 g/mol. The van der Waals surface area contributed by atoms with Gasteiger partial charge in [0.25, 0.3) is 0 Å². The lowest BCUT2D eigenvalue weighted by atomic mass is 10.1. The molecule has 3 rings (SSSR count). The number of carbonyl (C=O) groups is 1. The maximum absolute atomic E-state index is 12.1. The molecule has 0 bridgehead atoms. The van der Waals surface area contributed by atoms with Crippen LogP contribution in [0.4, 0.5) is 0 Å². The highest BCUT2D eigenvalue weighted by molar-refractivity contribution is 7.99. The van der Waals surface area contributed by atoms with Crippen LogP contribution in [-0.4, -0.2) is 21.2 Å². The number of benzene rings is 2. The fourth-order valence-corrected chi connectivity index (χ4v) is 3.27. The number of rotatable bonds is 6. The van der Waals surface area contributed by atoms with Gasteiger partial charge >= 0.3 is 0 Å². The summed E-state index contributed by atoms with van der Waals surface area (Å²) in [7, 11) is 1.97. The van der Waals surface area contributed by atoms with E-state index < -0.39 is 0 Å². The summed E-state index contributed by atoms with van der Waals surface area (Å²) in [5.74, 6) is 0.361. The van der Waals surface area contributed by atoms with Gasteiger partial charge in [0, 0.05) is 13.6 Å². The first kappa shape index (κ1) is 17.3. The minimum absolute atomic E-state index is 0.00911. The van der Waals surface area contributed by atoms with E-state index in [1.807, 2.05) is 48.1 Å². The zero-order chi connectivity index (χ0) is 17.6. The van der Waals surface area contributed by atoms with Crippen molar-refractivity contribution in [1.82, 2.24) is 14.9 Å². The van der Waals surface area contributed by atoms with E-state index in [0.717, 1.165) is 22.0 Å². The Labute approximate surface area is 152 Å². The predicted molar refractivity (Wildman–Crippen MR) is 102 cm³/mol. The third-order valence-electron chi connectivity index (χ3n) is 3.96. The fourth-order valence-electron chi connectivity index (χ4n) is 2.49. The predicted octanol–water partition coefficient (Wildman–Crippen LogP) is 3.80. The van der Waals surface area contributed by atoms with Gasteiger partial charge in [-0.25, -0.2) is 4.98 Å². The summed E-state index contributed by atoms with van der Waals surface area (Å²) in [6, 6.07) is 18.3. The maximum Gasteiger partial charge on any atom is 0.230 e. The summed E-state index contributed by atoms with van der Waals surface area (Å²) in [6.07, 6.45) is 1.85. The molecular formula is C20H21N3OS. The second-order valence-corrected chi connectivity index (χ2v) is 6.84. The Balaban J connectivity index is 1.54. The van der Waals surface area contributed by atoms with Crippen molar-refractivity contribution in [1.29, 1.82) is 0 Å². The molecule has 2 aromatic carbocycles. The second-order valence-electron chi connectivity index (χ2n) is 5.90. The number of hydrogen-bond donors (Lipinski definition) is 1. The van der Waals surface area contributed by atoms with Crippen LogP contribution >= 0.6 is 11.8 Å². The molecule has 1 N–H and O–H groups in total. The molecular weight excluding hydrogens is 330 g/mol. The number of nitrogens with zero attached hydrogens (tertiary/aromatic N) is 2. The van der Waals surface area contributed by atoms with Gasteiger partial charge in [-0.1, -0.05) is 71.9 Å². The van der Waals surface area contributed by atoms with E-state index in [0.29, 0.717) is 12.3 Å². The molecule has 4 nitrogen and oxygen atoms in total. The summed E-state index contributed by atoms with van der Waals surface area (Å²) in [5, 5.41) is 3.79. The van der Waals surface area contributed by atoms with Crippen molar-refractivity contribution in [2.75, 3.05) is 5.75 Å². The lowest BCUT2D eigenvalue weighted by Crippen LogP contribution is -2.24. The van der Waals surface area contributed by atoms with E-state index in [2.05, 4.69) is 41.5 Å². The Morgan fingerprint density at radius 3 is 2.56 bits per heavy atom. The molecule has 5 heteroatoms. The van der Waals surface area contributed by atoms with Gasteiger partial charge in [-0.2, -0.15) is 0 Å². The van der Waals surface area contributed by atoms with E-state index in [9.17, 15) is 4.79 Å². The number of amides is 1. The molecule has 0 fully saturated rings. The molecule has 128 valence electrons. The average molecular weight is 351 g/mol. The number of aryl methyl sites for hydroxylation is 1. The van der Waals surface area contributed by atoms with Gasteiger partial charge in [-0.3, -0.25) is 4.79 Å². The van der Waals surface area contributed by atoms with Gasteiger partial charge in [-0.15, -0.1) is 0 Å². The molecule has 0 aliphatic heterocycles. The van der Waals surface area contributed by atoms with Crippen LogP contribution in [0.2, 0.25) is 0 Å². The first-order valence-electron chi connectivity index (χ1n) is 8.15. The van der Waals surface area contributed by atoms with Crippen LogP contribution in [0.15, 0.2) is 66.0 Å². The molecule has 0 radical (unpaired) electrons. The van der Waals surface area contributed by atoms with Crippen LogP contribution in [0.5, 0.6) is 0 Å². The van der Waals surface area contributed by atoms with Crippen LogP contribution in [0.25, 0.3) is 11.3 Å². The zero-order valence-corrected chi connectivity index (χ0v) is 15.2. The van der Waals surface area contributed by atoms with E-state index in [-0.39, 0.29) is 5.91 Å². The van der Waals surface area contributed by atoms with Gasteiger partial charge in [-0.05, 0) is 18.1 Å². The molecule has 1 heterocycles. The van der Waals surface area contributed by atoms with E-state index in [4.69, 9.17) is 0 Å². The van der Waals surface area contributed by atoms with Crippen molar-refractivity contribution in [2.24, 2.45) is 7.05 Å². The molecule has 0 unspecified atom stereocenters. The number of imidazole rings is 1. The highest BCUT2D eigenvalue weighted by Gasteiger charge is 2.11. The van der Waals surface area contributed by atoms with Crippen molar-refractivity contribution in [3.8, 4) is 11.3 Å². The van der Waals surface area contributed by atoms with Crippen molar-refractivity contribution in [3.05, 3.63) is 71.9 Å². The summed E-state index contributed by atoms with van der Waals surface area (Å²) in [4.78, 5) is 16.5. The lowest BCUT2D eigenvalue weighted by molar-refractivity contribution is -0.118. The standard InChI is InChI=1S/C20H21N3OS/c1-15-8-10-16(11-9-15)12-21-19(24)14-25-20-22-13-18(23(20)2)17-6-4-3-5-7-17/h3-11,13H,12,14H2,1-2H3,(H,21,24). The molecule has 0 atom stereocenters. The molecule has 1 aromatic heterocycles. The van der Waals surface area contributed by atoms with Gasteiger partial charge in [0.1, 0.15) is 0 Å². The Hall–Kier alpha value is -2.53. The van der Waals surface area contributed by atoms with Crippen molar-refractivity contribution >= 4 is 17.7 Å². The third-order valence-corrected chi connectivity index (χ3v) is 5.00. The van der Waals surface area contributed by atoms with Crippen molar-refractivity contribution in [2.45, 2.75) is 18.6 Å². The van der Waals surface area contributed by atoms with E-state index >= 15 is 0 Å². The van der Waals surface area contributed by atoms with Crippen LogP contribution in [0.3, 0.4) is 0 Å². The quantitative estimate of drug-likeness (QED) is 0.687. The van der Waals surface area contributed by atoms with Crippen molar-refractivity contribution in [3.63, 3.8) is 0 Å². The molecule has 0 saturated heterocycles. The van der Waals surface area contributed by atoms with Gasteiger partial charge in [0.2, 0.25) is 5.91 Å². The molecule has 0 aliphatic carbocycles. The van der Waals surface area contributed by atoms with Gasteiger partial charge in [0.15, 0.2) is 5.16 Å². The largest absolute Gasteiger partial charge is 0.351 e. The number of aromatic nitrogens is 2. The number of hydrogen-bond acceptors (Lipinski definition) is 3. The summed E-state index contributed by atoms with van der Waals surface area (Å²) >= 11 is 1.45. The normalized spacial score (nSPS) is 10.6. The highest BCUT2D eigenvalue weighted by atomic mass is 32.2. The lowest BCUT2D eigenvalue weighted by Gasteiger charge is -2.07. The number of thioether (sulfide) groups is 1. The van der Waals surface area contributed by atoms with Crippen molar-refractivity contribution < 1.29 is 4.79 Å². The SMILES string of the molecule is Cc1ccc(CNC(=O)CSc2ncc(-c3ccccc3)n2C)cc1. The molecule has 1 amide bonds.